The van der Waals surface area contributed by atoms with Crippen molar-refractivity contribution in [2.75, 3.05) is 11.5 Å². The van der Waals surface area contributed by atoms with Crippen molar-refractivity contribution in [1.82, 2.24) is 9.97 Å². The Morgan fingerprint density at radius 1 is 0.913 bits per heavy atom. The molecule has 23 heavy (non-hydrogen) atoms. The van der Waals surface area contributed by atoms with Gasteiger partial charge in [-0.3, -0.25) is 0 Å². The number of nitrogens with two attached hydrogens (primary N) is 2. The van der Waals surface area contributed by atoms with Gasteiger partial charge < -0.3 is 11.5 Å². The second-order valence-electron chi connectivity index (χ2n) is 5.15. The van der Waals surface area contributed by atoms with Crippen LogP contribution < -0.4 is 11.5 Å². The lowest BCUT2D eigenvalue weighted by Gasteiger charge is -2.10. The monoisotopic (exact) mass is 318 g/mol. The number of halogens is 3. The van der Waals surface area contributed by atoms with Crippen LogP contribution in [0, 0.1) is 0 Å². The van der Waals surface area contributed by atoms with E-state index in [1.165, 1.54) is 12.1 Å². The minimum atomic E-state index is -4.34. The quantitative estimate of drug-likeness (QED) is 0.759. The molecule has 1 heterocycles. The molecule has 0 fully saturated rings. The first-order valence-corrected chi connectivity index (χ1v) is 6.81. The number of fused-ring (bicyclic) bond motifs is 1. The average Bonchev–Trinajstić information content (AvgIpc) is 2.46. The fraction of sp³-hybridized carbons (Fsp3) is 0.125. The summed E-state index contributed by atoms with van der Waals surface area (Å²) in [5.41, 5.74) is 13.0. The van der Waals surface area contributed by atoms with Crippen molar-refractivity contribution >= 4 is 22.7 Å². The van der Waals surface area contributed by atoms with Crippen LogP contribution in [0.15, 0.2) is 42.5 Å². The summed E-state index contributed by atoms with van der Waals surface area (Å²) in [4.78, 5) is 8.07. The maximum atomic E-state index is 12.6. The van der Waals surface area contributed by atoms with Crippen LogP contribution in [0.25, 0.3) is 10.9 Å². The summed E-state index contributed by atoms with van der Waals surface area (Å²) in [6.45, 7) is 0. The van der Waals surface area contributed by atoms with Crippen LogP contribution in [0.4, 0.5) is 24.9 Å². The van der Waals surface area contributed by atoms with Gasteiger partial charge in [-0.2, -0.15) is 18.2 Å². The molecule has 4 nitrogen and oxygen atoms in total. The predicted octanol–water partition coefficient (Wildman–Crippen LogP) is 3.40. The van der Waals surface area contributed by atoms with Crippen molar-refractivity contribution in [3.05, 3.63) is 59.2 Å². The summed E-state index contributed by atoms with van der Waals surface area (Å²) in [7, 11) is 0. The van der Waals surface area contributed by atoms with Crippen LogP contribution in [-0.2, 0) is 12.6 Å². The maximum Gasteiger partial charge on any atom is 0.416 e. The van der Waals surface area contributed by atoms with Gasteiger partial charge in [-0.05, 0) is 35.7 Å². The summed E-state index contributed by atoms with van der Waals surface area (Å²) in [6.07, 6.45) is -3.92. The fourth-order valence-corrected chi connectivity index (χ4v) is 2.48. The van der Waals surface area contributed by atoms with Gasteiger partial charge in [-0.1, -0.05) is 24.3 Å². The molecule has 3 aromatic rings. The molecule has 7 heteroatoms. The number of aromatic nitrogens is 2. The highest BCUT2D eigenvalue weighted by Crippen LogP contribution is 2.30. The van der Waals surface area contributed by atoms with Gasteiger partial charge in [0.05, 0.1) is 11.1 Å². The summed E-state index contributed by atoms with van der Waals surface area (Å²) in [6, 6.07) is 10.5. The lowest BCUT2D eigenvalue weighted by Crippen LogP contribution is -2.05. The van der Waals surface area contributed by atoms with Crippen molar-refractivity contribution in [1.29, 1.82) is 0 Å². The van der Waals surface area contributed by atoms with Gasteiger partial charge in [0.1, 0.15) is 5.82 Å². The van der Waals surface area contributed by atoms with Gasteiger partial charge in [-0.25, -0.2) is 4.98 Å². The number of nitrogens with zero attached hydrogens (tertiary/aromatic N) is 2. The van der Waals surface area contributed by atoms with Crippen LogP contribution in [0.2, 0.25) is 0 Å². The highest BCUT2D eigenvalue weighted by atomic mass is 19.4. The van der Waals surface area contributed by atoms with Gasteiger partial charge in [0, 0.05) is 5.39 Å². The lowest BCUT2D eigenvalue weighted by atomic mass is 10.00. The molecule has 0 saturated carbocycles. The van der Waals surface area contributed by atoms with E-state index < -0.39 is 11.7 Å². The van der Waals surface area contributed by atoms with Gasteiger partial charge in [0.2, 0.25) is 5.95 Å². The molecule has 0 saturated heterocycles. The van der Waals surface area contributed by atoms with Crippen LogP contribution >= 0.6 is 0 Å². The molecule has 0 bridgehead atoms. The molecule has 2 aromatic carbocycles. The minimum Gasteiger partial charge on any atom is -0.383 e. The molecular formula is C16H13F3N4. The van der Waals surface area contributed by atoms with E-state index in [-0.39, 0.29) is 11.8 Å². The van der Waals surface area contributed by atoms with Crippen LogP contribution in [0.3, 0.4) is 0 Å². The predicted molar refractivity (Wildman–Crippen MR) is 82.6 cm³/mol. The molecule has 0 spiro atoms. The third-order valence-corrected chi connectivity index (χ3v) is 3.53. The molecule has 4 N–H and O–H groups in total. The molecule has 0 aliphatic rings. The Bertz CT molecular complexity index is 858. The first-order valence-electron chi connectivity index (χ1n) is 6.81. The van der Waals surface area contributed by atoms with Gasteiger partial charge in [0.15, 0.2) is 0 Å². The number of hydrogen-bond donors (Lipinski definition) is 2. The van der Waals surface area contributed by atoms with Crippen molar-refractivity contribution in [3.8, 4) is 0 Å². The van der Waals surface area contributed by atoms with E-state index in [1.54, 1.807) is 12.1 Å². The van der Waals surface area contributed by atoms with E-state index in [0.717, 1.165) is 23.3 Å². The second kappa shape index (κ2) is 5.42. The van der Waals surface area contributed by atoms with E-state index in [2.05, 4.69) is 9.97 Å². The zero-order valence-corrected chi connectivity index (χ0v) is 11.9. The van der Waals surface area contributed by atoms with Crippen molar-refractivity contribution < 1.29 is 13.2 Å². The topological polar surface area (TPSA) is 77.8 Å². The second-order valence-corrected chi connectivity index (χ2v) is 5.15. The summed E-state index contributed by atoms with van der Waals surface area (Å²) >= 11 is 0. The largest absolute Gasteiger partial charge is 0.416 e. The molecule has 0 atom stereocenters. The maximum absolute atomic E-state index is 12.6. The molecule has 0 radical (unpaired) electrons. The van der Waals surface area contributed by atoms with Gasteiger partial charge >= 0.3 is 6.18 Å². The summed E-state index contributed by atoms with van der Waals surface area (Å²) < 4.78 is 37.8. The molecule has 3 rings (SSSR count). The third kappa shape index (κ3) is 3.03. The molecule has 0 aliphatic heterocycles. The summed E-state index contributed by atoms with van der Waals surface area (Å²) in [5, 5.41) is 0.668. The summed E-state index contributed by atoms with van der Waals surface area (Å²) in [5.74, 6) is 0.344. The number of benzene rings is 2. The first kappa shape index (κ1) is 15.1. The lowest BCUT2D eigenvalue weighted by molar-refractivity contribution is -0.137. The normalized spacial score (nSPS) is 11.8. The van der Waals surface area contributed by atoms with Crippen LogP contribution in [-0.4, -0.2) is 9.97 Å². The number of nitrogen functional groups attached to an aromatic ring is 2. The Labute approximate surface area is 130 Å². The Hall–Kier alpha value is -2.83. The Morgan fingerprint density at radius 3 is 2.26 bits per heavy atom. The molecule has 1 aromatic heterocycles. The number of hydrogen-bond acceptors (Lipinski definition) is 4. The zero-order valence-electron chi connectivity index (χ0n) is 11.9. The highest BCUT2D eigenvalue weighted by Gasteiger charge is 2.29. The molecular weight excluding hydrogens is 305 g/mol. The van der Waals surface area contributed by atoms with E-state index in [0.29, 0.717) is 17.3 Å². The van der Waals surface area contributed by atoms with E-state index in [9.17, 15) is 13.2 Å². The van der Waals surface area contributed by atoms with E-state index in [1.807, 2.05) is 6.07 Å². The number of alkyl halides is 3. The molecule has 0 aliphatic carbocycles. The van der Waals surface area contributed by atoms with Crippen molar-refractivity contribution in [2.24, 2.45) is 0 Å². The van der Waals surface area contributed by atoms with Gasteiger partial charge in [0.25, 0.3) is 0 Å². The van der Waals surface area contributed by atoms with E-state index in [4.69, 9.17) is 11.5 Å². The Kier molecular flexibility index (Phi) is 3.55. The first-order chi connectivity index (χ1) is 10.8. The fourth-order valence-electron chi connectivity index (χ4n) is 2.48. The van der Waals surface area contributed by atoms with E-state index >= 15 is 0 Å². The molecule has 0 amide bonds. The minimum absolute atomic E-state index is 0.0849. The average molecular weight is 318 g/mol. The number of rotatable bonds is 2. The molecule has 0 unspecified atom stereocenters. The van der Waals surface area contributed by atoms with Gasteiger partial charge in [-0.15, -0.1) is 0 Å². The number of anilines is 2. The third-order valence-electron chi connectivity index (χ3n) is 3.53. The standard InChI is InChI=1S/C16H13F3N4/c17-16(18,19)11-6-4-9(5-7-11)8-10-2-1-3-12-13(10)14(20)23-15(21)22-12/h1-7H,8H2,(H4,20,21,22,23). The highest BCUT2D eigenvalue weighted by molar-refractivity contribution is 5.92. The van der Waals surface area contributed by atoms with Crippen molar-refractivity contribution in [2.45, 2.75) is 12.6 Å². The van der Waals surface area contributed by atoms with Crippen LogP contribution in [0.5, 0.6) is 0 Å². The Morgan fingerprint density at radius 2 is 1.61 bits per heavy atom. The smallest absolute Gasteiger partial charge is 0.383 e. The van der Waals surface area contributed by atoms with Crippen LogP contribution in [0.1, 0.15) is 16.7 Å². The SMILES string of the molecule is Nc1nc(N)c2c(Cc3ccc(C(F)(F)F)cc3)cccc2n1. The Balaban J connectivity index is 1.99. The molecule has 118 valence electrons. The van der Waals surface area contributed by atoms with Crippen molar-refractivity contribution in [3.63, 3.8) is 0 Å². The zero-order chi connectivity index (χ0) is 16.6.